The van der Waals surface area contributed by atoms with E-state index >= 15 is 0 Å². The first kappa shape index (κ1) is 14.5. The van der Waals surface area contributed by atoms with Gasteiger partial charge in [0.15, 0.2) is 0 Å². The van der Waals surface area contributed by atoms with Crippen molar-refractivity contribution in [1.29, 1.82) is 0 Å². The lowest BCUT2D eigenvalue weighted by atomic mass is 10.1. The van der Waals surface area contributed by atoms with Gasteiger partial charge in [-0.25, -0.2) is 4.98 Å². The first-order valence-corrected chi connectivity index (χ1v) is 9.24. The molecule has 1 amide bonds. The van der Waals surface area contributed by atoms with Crippen LogP contribution in [0, 0.1) is 11.8 Å². The molecule has 0 unspecified atom stereocenters. The normalized spacial score (nSPS) is 18.0. The summed E-state index contributed by atoms with van der Waals surface area (Å²) in [6, 6.07) is 11.9. The molecule has 0 bridgehead atoms. The molecule has 1 fully saturated rings. The molecule has 5 rings (SSSR count). The van der Waals surface area contributed by atoms with Crippen LogP contribution in [0.25, 0.3) is 5.00 Å². The van der Waals surface area contributed by atoms with Crippen molar-refractivity contribution in [2.24, 2.45) is 0 Å². The van der Waals surface area contributed by atoms with Crippen molar-refractivity contribution in [3.8, 4) is 16.8 Å². The van der Waals surface area contributed by atoms with E-state index in [2.05, 4.69) is 21.4 Å². The molecule has 122 valence electrons. The van der Waals surface area contributed by atoms with Gasteiger partial charge in [0.25, 0.3) is 5.91 Å². The van der Waals surface area contributed by atoms with E-state index in [0.29, 0.717) is 0 Å². The molecule has 1 atom stereocenters. The Morgan fingerprint density at radius 1 is 1.16 bits per heavy atom. The van der Waals surface area contributed by atoms with Crippen LogP contribution in [0.4, 0.5) is 0 Å². The van der Waals surface area contributed by atoms with Gasteiger partial charge in [-0.3, -0.25) is 9.36 Å². The minimum absolute atomic E-state index is 0.0645. The fraction of sp³-hybridized carbons (Fsp3) is 0.200. The number of benzene rings is 1. The Bertz CT molecular complexity index is 1020. The number of fused-ring (bicyclic) bond motifs is 5. The number of rotatable bonds is 0. The van der Waals surface area contributed by atoms with Gasteiger partial charge in [0.2, 0.25) is 0 Å². The van der Waals surface area contributed by atoms with Gasteiger partial charge < -0.3 is 4.90 Å². The van der Waals surface area contributed by atoms with Crippen LogP contribution in [0.5, 0.6) is 0 Å². The fourth-order valence-electron chi connectivity index (χ4n) is 3.69. The maximum Gasteiger partial charge on any atom is 0.257 e. The third-order valence-electron chi connectivity index (χ3n) is 4.83. The van der Waals surface area contributed by atoms with Crippen molar-refractivity contribution < 1.29 is 4.79 Å². The third-order valence-corrected chi connectivity index (χ3v) is 5.74. The maximum atomic E-state index is 12.9. The van der Waals surface area contributed by atoms with E-state index < -0.39 is 0 Å². The van der Waals surface area contributed by atoms with Crippen molar-refractivity contribution in [3.05, 3.63) is 70.6 Å². The van der Waals surface area contributed by atoms with Gasteiger partial charge in [-0.15, -0.1) is 11.3 Å². The van der Waals surface area contributed by atoms with E-state index in [1.165, 1.54) is 0 Å². The van der Waals surface area contributed by atoms with Crippen LogP contribution >= 0.6 is 11.3 Å². The standard InChI is InChI=1S/C20H15N3OS/c24-19-15-10-12-25-20(15)23-13-21-16(9-8-14-5-2-1-3-6-14)18(23)17-7-4-11-22(17)19/h1-3,5-6,10,12-13,17H,4,7,11H2/t17-/m0/s1. The van der Waals surface area contributed by atoms with Crippen molar-refractivity contribution in [2.45, 2.75) is 18.9 Å². The molecular weight excluding hydrogens is 330 g/mol. The van der Waals surface area contributed by atoms with Gasteiger partial charge in [0.1, 0.15) is 17.0 Å². The number of carbonyl (C=O) groups is 1. The van der Waals surface area contributed by atoms with Crippen LogP contribution in [0.15, 0.2) is 48.1 Å². The molecule has 2 aliphatic heterocycles. The second-order valence-corrected chi connectivity index (χ2v) is 7.16. The highest BCUT2D eigenvalue weighted by Gasteiger charge is 2.39. The predicted octanol–water partition coefficient (Wildman–Crippen LogP) is 3.62. The Labute approximate surface area is 149 Å². The van der Waals surface area contributed by atoms with Gasteiger partial charge in [0.05, 0.1) is 17.3 Å². The molecule has 0 spiro atoms. The zero-order chi connectivity index (χ0) is 16.8. The largest absolute Gasteiger partial charge is 0.330 e. The highest BCUT2D eigenvalue weighted by molar-refractivity contribution is 7.13. The summed E-state index contributed by atoms with van der Waals surface area (Å²) in [5, 5.41) is 2.92. The smallest absolute Gasteiger partial charge is 0.257 e. The zero-order valence-electron chi connectivity index (χ0n) is 13.5. The first-order chi connectivity index (χ1) is 12.3. The summed E-state index contributed by atoms with van der Waals surface area (Å²) in [4.78, 5) is 19.5. The Balaban J connectivity index is 1.68. The van der Waals surface area contributed by atoms with Crippen LogP contribution in [-0.2, 0) is 0 Å². The number of aromatic nitrogens is 2. The quantitative estimate of drug-likeness (QED) is 0.584. The van der Waals surface area contributed by atoms with Crippen molar-refractivity contribution in [1.82, 2.24) is 14.5 Å². The summed E-state index contributed by atoms with van der Waals surface area (Å²) >= 11 is 1.58. The summed E-state index contributed by atoms with van der Waals surface area (Å²) in [5.74, 6) is 6.56. The molecule has 0 saturated carbocycles. The minimum Gasteiger partial charge on any atom is -0.330 e. The average Bonchev–Trinajstić information content (AvgIpc) is 3.36. The van der Waals surface area contributed by atoms with Crippen LogP contribution in [0.3, 0.4) is 0 Å². The molecule has 1 aromatic carbocycles. The number of imidazole rings is 1. The zero-order valence-corrected chi connectivity index (χ0v) is 14.3. The van der Waals surface area contributed by atoms with E-state index in [0.717, 1.165) is 46.9 Å². The number of nitrogens with zero attached hydrogens (tertiary/aromatic N) is 3. The maximum absolute atomic E-state index is 12.9. The lowest BCUT2D eigenvalue weighted by Crippen LogP contribution is -2.29. The van der Waals surface area contributed by atoms with Crippen molar-refractivity contribution in [3.63, 3.8) is 0 Å². The van der Waals surface area contributed by atoms with Crippen LogP contribution in [0.1, 0.15) is 46.2 Å². The lowest BCUT2D eigenvalue weighted by molar-refractivity contribution is 0.0739. The number of hydrogen-bond donors (Lipinski definition) is 0. The van der Waals surface area contributed by atoms with E-state index in [1.807, 2.05) is 53.0 Å². The van der Waals surface area contributed by atoms with E-state index in [9.17, 15) is 4.79 Å². The minimum atomic E-state index is 0.0645. The summed E-state index contributed by atoms with van der Waals surface area (Å²) in [7, 11) is 0. The second kappa shape index (κ2) is 5.61. The number of amides is 1. The monoisotopic (exact) mass is 345 g/mol. The Hall–Kier alpha value is -2.84. The highest BCUT2D eigenvalue weighted by Crippen LogP contribution is 2.40. The van der Waals surface area contributed by atoms with Crippen molar-refractivity contribution >= 4 is 17.2 Å². The first-order valence-electron chi connectivity index (χ1n) is 8.36. The molecule has 2 aromatic heterocycles. The topological polar surface area (TPSA) is 38.1 Å². The van der Waals surface area contributed by atoms with Crippen LogP contribution < -0.4 is 0 Å². The van der Waals surface area contributed by atoms with Gasteiger partial charge in [0, 0.05) is 12.1 Å². The Morgan fingerprint density at radius 2 is 2.04 bits per heavy atom. The second-order valence-electron chi connectivity index (χ2n) is 6.26. The Kier molecular flexibility index (Phi) is 3.25. The molecule has 5 heteroatoms. The van der Waals surface area contributed by atoms with Crippen LogP contribution in [0.2, 0.25) is 0 Å². The van der Waals surface area contributed by atoms with Crippen molar-refractivity contribution in [2.75, 3.05) is 6.54 Å². The molecule has 0 N–H and O–H groups in total. The molecule has 4 heterocycles. The molecule has 1 saturated heterocycles. The molecule has 4 nitrogen and oxygen atoms in total. The predicted molar refractivity (Wildman–Crippen MR) is 96.9 cm³/mol. The summed E-state index contributed by atoms with van der Waals surface area (Å²) in [6.45, 7) is 0.801. The lowest BCUT2D eigenvalue weighted by Gasteiger charge is -2.22. The summed E-state index contributed by atoms with van der Waals surface area (Å²) in [6.07, 6.45) is 3.80. The third kappa shape index (κ3) is 2.22. The Morgan fingerprint density at radius 3 is 2.92 bits per heavy atom. The highest BCUT2D eigenvalue weighted by atomic mass is 32.1. The number of hydrogen-bond acceptors (Lipinski definition) is 3. The molecule has 2 aliphatic rings. The number of thiophene rings is 1. The fourth-order valence-corrected chi connectivity index (χ4v) is 4.56. The van der Waals surface area contributed by atoms with Gasteiger partial charge in [-0.05, 0) is 42.3 Å². The van der Waals surface area contributed by atoms with Gasteiger partial charge in [-0.2, -0.15) is 0 Å². The van der Waals surface area contributed by atoms with Gasteiger partial charge >= 0.3 is 0 Å². The molecule has 0 aliphatic carbocycles. The van der Waals surface area contributed by atoms with E-state index in [4.69, 9.17) is 0 Å². The van der Waals surface area contributed by atoms with Gasteiger partial charge in [-0.1, -0.05) is 24.1 Å². The summed E-state index contributed by atoms with van der Waals surface area (Å²) < 4.78 is 2.07. The summed E-state index contributed by atoms with van der Waals surface area (Å²) in [5.41, 5.74) is 3.56. The average molecular weight is 345 g/mol. The van der Waals surface area contributed by atoms with Crippen LogP contribution in [-0.4, -0.2) is 26.9 Å². The molecule has 25 heavy (non-hydrogen) atoms. The number of carbonyl (C=O) groups excluding carboxylic acids is 1. The van der Waals surface area contributed by atoms with E-state index in [1.54, 1.807) is 11.3 Å². The molecular formula is C20H15N3OS. The SMILES string of the molecule is O=C1c2ccsc2-n2cnc(C#Cc3ccccc3)c2[C@@H]2CCCN12. The molecule has 3 aromatic rings. The van der Waals surface area contributed by atoms with E-state index in [-0.39, 0.29) is 11.9 Å². The molecule has 0 radical (unpaired) electrons.